The van der Waals surface area contributed by atoms with Gasteiger partial charge in [0.15, 0.2) is 0 Å². The minimum absolute atomic E-state index is 0.566. The topological polar surface area (TPSA) is 56.7 Å². The molecule has 0 spiro atoms. The molecule has 0 aromatic carbocycles. The van der Waals surface area contributed by atoms with Gasteiger partial charge in [-0.25, -0.2) is 4.98 Å². The molecule has 0 saturated carbocycles. The second-order valence-electron chi connectivity index (χ2n) is 3.23. The van der Waals surface area contributed by atoms with Crippen LogP contribution in [0.25, 0.3) is 0 Å². The van der Waals surface area contributed by atoms with Gasteiger partial charge in [0.1, 0.15) is 10.8 Å². The zero-order chi connectivity index (χ0) is 10.1. The fourth-order valence-corrected chi connectivity index (χ4v) is 2.07. The molecule has 0 fully saturated rings. The van der Waals surface area contributed by atoms with Crippen LogP contribution in [0.1, 0.15) is 15.6 Å². The molecule has 0 aliphatic heterocycles. The summed E-state index contributed by atoms with van der Waals surface area (Å²) in [5.41, 5.74) is 6.65. The van der Waals surface area contributed by atoms with Gasteiger partial charge >= 0.3 is 0 Å². The quantitative estimate of drug-likeness (QED) is 0.815. The standard InChI is InChI=1S/C9H12N4S/c1-6-3-8(10)12-13(6)5-9-11-4-7(2)14-9/h3-4H,5H2,1-2H3,(H2,10,12). The molecule has 0 aliphatic carbocycles. The smallest absolute Gasteiger partial charge is 0.145 e. The molecule has 2 aromatic heterocycles. The lowest BCUT2D eigenvalue weighted by atomic mass is 10.4. The predicted octanol–water partition coefficient (Wildman–Crippen LogP) is 1.59. The molecule has 2 heterocycles. The van der Waals surface area contributed by atoms with E-state index in [1.165, 1.54) is 4.88 Å². The number of nitrogens with zero attached hydrogens (tertiary/aromatic N) is 3. The highest BCUT2D eigenvalue weighted by Gasteiger charge is 2.04. The number of thiazole rings is 1. The minimum Gasteiger partial charge on any atom is -0.382 e. The van der Waals surface area contributed by atoms with Crippen LogP contribution < -0.4 is 5.73 Å². The lowest BCUT2D eigenvalue weighted by Gasteiger charge is -1.99. The first-order chi connectivity index (χ1) is 6.65. The highest BCUT2D eigenvalue weighted by Crippen LogP contribution is 2.14. The Kier molecular flexibility index (Phi) is 2.25. The summed E-state index contributed by atoms with van der Waals surface area (Å²) < 4.78 is 1.87. The van der Waals surface area contributed by atoms with Gasteiger partial charge in [-0.2, -0.15) is 5.10 Å². The van der Waals surface area contributed by atoms with Crippen LogP contribution in [0.3, 0.4) is 0 Å². The summed E-state index contributed by atoms with van der Waals surface area (Å²) in [7, 11) is 0. The van der Waals surface area contributed by atoms with Crippen molar-refractivity contribution in [3.63, 3.8) is 0 Å². The number of rotatable bonds is 2. The first-order valence-corrected chi connectivity index (χ1v) is 5.18. The number of aromatic nitrogens is 3. The first-order valence-electron chi connectivity index (χ1n) is 4.36. The van der Waals surface area contributed by atoms with Gasteiger partial charge in [-0.1, -0.05) is 0 Å². The molecule has 14 heavy (non-hydrogen) atoms. The average molecular weight is 208 g/mol. The summed E-state index contributed by atoms with van der Waals surface area (Å²) in [5.74, 6) is 0.566. The average Bonchev–Trinajstić information content (AvgIpc) is 2.61. The van der Waals surface area contributed by atoms with E-state index in [9.17, 15) is 0 Å². The maximum absolute atomic E-state index is 5.59. The third-order valence-corrected chi connectivity index (χ3v) is 2.85. The normalized spacial score (nSPS) is 10.7. The Hall–Kier alpha value is -1.36. The molecule has 2 rings (SSSR count). The van der Waals surface area contributed by atoms with Crippen LogP contribution >= 0.6 is 11.3 Å². The van der Waals surface area contributed by atoms with Crippen molar-refractivity contribution in [3.8, 4) is 0 Å². The summed E-state index contributed by atoms with van der Waals surface area (Å²) >= 11 is 1.69. The monoisotopic (exact) mass is 208 g/mol. The van der Waals surface area contributed by atoms with Crippen molar-refractivity contribution in [2.24, 2.45) is 0 Å². The van der Waals surface area contributed by atoms with E-state index in [1.807, 2.05) is 30.8 Å². The molecular formula is C9H12N4S. The fourth-order valence-electron chi connectivity index (χ4n) is 1.30. The lowest BCUT2D eigenvalue weighted by Crippen LogP contribution is -2.03. The van der Waals surface area contributed by atoms with Gasteiger partial charge in [-0.15, -0.1) is 11.3 Å². The molecule has 0 amide bonds. The van der Waals surface area contributed by atoms with E-state index in [2.05, 4.69) is 10.1 Å². The fraction of sp³-hybridized carbons (Fsp3) is 0.333. The van der Waals surface area contributed by atoms with E-state index in [0.29, 0.717) is 12.4 Å². The van der Waals surface area contributed by atoms with E-state index >= 15 is 0 Å². The van der Waals surface area contributed by atoms with Crippen LogP contribution in [0.15, 0.2) is 12.3 Å². The van der Waals surface area contributed by atoms with Gasteiger partial charge in [-0.05, 0) is 13.8 Å². The molecule has 0 unspecified atom stereocenters. The van der Waals surface area contributed by atoms with Crippen molar-refractivity contribution < 1.29 is 0 Å². The summed E-state index contributed by atoms with van der Waals surface area (Å²) in [6.45, 7) is 4.75. The lowest BCUT2D eigenvalue weighted by molar-refractivity contribution is 0.665. The highest BCUT2D eigenvalue weighted by atomic mass is 32.1. The molecule has 2 N–H and O–H groups in total. The number of nitrogen functional groups attached to an aromatic ring is 1. The van der Waals surface area contributed by atoms with Gasteiger partial charge in [0, 0.05) is 22.8 Å². The number of nitrogens with two attached hydrogens (primary N) is 1. The zero-order valence-corrected chi connectivity index (χ0v) is 9.01. The Morgan fingerprint density at radius 2 is 2.29 bits per heavy atom. The summed E-state index contributed by atoms with van der Waals surface area (Å²) in [6, 6.07) is 1.86. The Morgan fingerprint density at radius 1 is 1.50 bits per heavy atom. The number of anilines is 1. The Labute approximate surface area is 86.4 Å². The molecule has 4 nitrogen and oxygen atoms in total. The van der Waals surface area contributed by atoms with Crippen molar-refractivity contribution in [1.82, 2.24) is 14.8 Å². The molecule has 0 radical (unpaired) electrons. The van der Waals surface area contributed by atoms with Crippen molar-refractivity contribution in [2.75, 3.05) is 5.73 Å². The summed E-state index contributed by atoms with van der Waals surface area (Å²) in [6.07, 6.45) is 1.88. The second kappa shape index (κ2) is 3.42. The third-order valence-electron chi connectivity index (χ3n) is 1.95. The third kappa shape index (κ3) is 1.77. The molecule has 0 aliphatic rings. The Morgan fingerprint density at radius 3 is 2.79 bits per heavy atom. The van der Waals surface area contributed by atoms with Crippen molar-refractivity contribution in [2.45, 2.75) is 20.4 Å². The van der Waals surface area contributed by atoms with Crippen LogP contribution in [-0.4, -0.2) is 14.8 Å². The minimum atomic E-state index is 0.566. The molecule has 0 saturated heterocycles. The van der Waals surface area contributed by atoms with E-state index in [0.717, 1.165) is 10.7 Å². The van der Waals surface area contributed by atoms with Gasteiger partial charge in [-0.3, -0.25) is 4.68 Å². The molecule has 5 heteroatoms. The van der Waals surface area contributed by atoms with Gasteiger partial charge in [0.05, 0.1) is 6.54 Å². The largest absolute Gasteiger partial charge is 0.382 e. The van der Waals surface area contributed by atoms with Crippen LogP contribution in [-0.2, 0) is 6.54 Å². The van der Waals surface area contributed by atoms with Crippen molar-refractivity contribution in [3.05, 3.63) is 27.8 Å². The van der Waals surface area contributed by atoms with Crippen LogP contribution in [0.2, 0.25) is 0 Å². The summed E-state index contributed by atoms with van der Waals surface area (Å²) in [4.78, 5) is 5.50. The van der Waals surface area contributed by atoms with E-state index in [4.69, 9.17) is 5.73 Å². The van der Waals surface area contributed by atoms with E-state index in [-0.39, 0.29) is 0 Å². The highest BCUT2D eigenvalue weighted by molar-refractivity contribution is 7.11. The molecular weight excluding hydrogens is 196 g/mol. The maximum Gasteiger partial charge on any atom is 0.145 e. The van der Waals surface area contributed by atoms with Gasteiger partial charge < -0.3 is 5.73 Å². The second-order valence-corrected chi connectivity index (χ2v) is 4.55. The SMILES string of the molecule is Cc1cnc(Cn2nc(N)cc2C)s1. The summed E-state index contributed by atoms with van der Waals surface area (Å²) in [5, 5.41) is 5.24. The molecule has 2 aromatic rings. The number of hydrogen-bond donors (Lipinski definition) is 1. The molecule has 0 atom stereocenters. The zero-order valence-electron chi connectivity index (χ0n) is 8.19. The van der Waals surface area contributed by atoms with Crippen molar-refractivity contribution in [1.29, 1.82) is 0 Å². The molecule has 0 bridgehead atoms. The van der Waals surface area contributed by atoms with Crippen LogP contribution in [0, 0.1) is 13.8 Å². The van der Waals surface area contributed by atoms with Gasteiger partial charge in [0.2, 0.25) is 0 Å². The van der Waals surface area contributed by atoms with E-state index in [1.54, 1.807) is 11.3 Å². The Bertz CT molecular complexity index is 443. The predicted molar refractivity (Wildman–Crippen MR) is 57.3 cm³/mol. The molecule has 74 valence electrons. The van der Waals surface area contributed by atoms with Crippen molar-refractivity contribution >= 4 is 17.2 Å². The number of aryl methyl sites for hydroxylation is 2. The first kappa shape index (κ1) is 9.21. The number of hydrogen-bond acceptors (Lipinski definition) is 4. The van der Waals surface area contributed by atoms with E-state index < -0.39 is 0 Å². The Balaban J connectivity index is 2.22. The van der Waals surface area contributed by atoms with Crippen LogP contribution in [0.4, 0.5) is 5.82 Å². The van der Waals surface area contributed by atoms with Crippen LogP contribution in [0.5, 0.6) is 0 Å². The van der Waals surface area contributed by atoms with Gasteiger partial charge in [0.25, 0.3) is 0 Å². The maximum atomic E-state index is 5.59.